The van der Waals surface area contributed by atoms with Crippen LogP contribution < -0.4 is 5.32 Å². The van der Waals surface area contributed by atoms with Gasteiger partial charge in [0.25, 0.3) is 0 Å². The molecule has 0 spiro atoms. The molecule has 1 saturated heterocycles. The highest BCUT2D eigenvalue weighted by Gasteiger charge is 2.22. The number of rotatable bonds is 6. The van der Waals surface area contributed by atoms with Gasteiger partial charge in [-0.1, -0.05) is 5.16 Å². The highest BCUT2D eigenvalue weighted by atomic mass is 16.5. The van der Waals surface area contributed by atoms with E-state index in [1.807, 2.05) is 18.5 Å². The summed E-state index contributed by atoms with van der Waals surface area (Å²) in [5.74, 6) is 2.72. The van der Waals surface area contributed by atoms with Crippen molar-refractivity contribution in [2.75, 3.05) is 31.6 Å². The molecule has 0 radical (unpaired) electrons. The van der Waals surface area contributed by atoms with Gasteiger partial charge >= 0.3 is 0 Å². The van der Waals surface area contributed by atoms with Crippen LogP contribution in [0.3, 0.4) is 0 Å². The highest BCUT2D eigenvalue weighted by molar-refractivity contribution is 5.89. The molecule has 1 fully saturated rings. The lowest BCUT2D eigenvalue weighted by Crippen LogP contribution is -2.45. The molecule has 3 heterocycles. The zero-order valence-electron chi connectivity index (χ0n) is 14.9. The molecule has 1 aliphatic rings. The van der Waals surface area contributed by atoms with Crippen LogP contribution in [0.2, 0.25) is 0 Å². The van der Waals surface area contributed by atoms with Gasteiger partial charge in [0.1, 0.15) is 17.4 Å². The van der Waals surface area contributed by atoms with Gasteiger partial charge in [-0.05, 0) is 20.8 Å². The fraction of sp³-hybridized carbons (Fsp3) is 0.625. The monoisotopic (exact) mass is 348 g/mol. The van der Waals surface area contributed by atoms with E-state index in [0.29, 0.717) is 37.7 Å². The third-order valence-electron chi connectivity index (χ3n) is 4.11. The molecular weight excluding hydrogens is 324 g/mol. The molecule has 2 aromatic rings. The Labute approximate surface area is 146 Å². The summed E-state index contributed by atoms with van der Waals surface area (Å²) in [4.78, 5) is 18.6. The van der Waals surface area contributed by atoms with Crippen LogP contribution in [-0.4, -0.2) is 63.1 Å². The highest BCUT2D eigenvalue weighted by Crippen LogP contribution is 2.11. The van der Waals surface area contributed by atoms with Gasteiger partial charge in [0.05, 0.1) is 19.3 Å². The summed E-state index contributed by atoms with van der Waals surface area (Å²) in [6, 6.07) is 1.70. The van der Waals surface area contributed by atoms with E-state index >= 15 is 0 Å². The standard InChI is InChI=1S/C16H24N6O3/c1-11-8-15(20-25-11)18-16(23)4-5-21-6-7-24-14(9-21)10-22-13(3)17-12(2)19-22/h8,14H,4-7,9-10H2,1-3H3,(H,18,20,23)/t14-/m1/s1. The first-order valence-corrected chi connectivity index (χ1v) is 8.45. The first-order valence-electron chi connectivity index (χ1n) is 8.45. The maximum absolute atomic E-state index is 12.0. The number of morpholine rings is 1. The van der Waals surface area contributed by atoms with Crippen molar-refractivity contribution < 1.29 is 14.1 Å². The number of aromatic nitrogens is 4. The molecule has 0 aromatic carbocycles. The first kappa shape index (κ1) is 17.6. The molecule has 9 nitrogen and oxygen atoms in total. The average molecular weight is 348 g/mol. The van der Waals surface area contributed by atoms with Gasteiger partial charge in [-0.2, -0.15) is 5.10 Å². The number of nitrogens with zero attached hydrogens (tertiary/aromatic N) is 5. The van der Waals surface area contributed by atoms with Crippen LogP contribution >= 0.6 is 0 Å². The van der Waals surface area contributed by atoms with Crippen molar-refractivity contribution in [2.45, 2.75) is 39.8 Å². The molecule has 1 atom stereocenters. The van der Waals surface area contributed by atoms with Crippen molar-refractivity contribution in [3.05, 3.63) is 23.5 Å². The molecule has 1 aliphatic heterocycles. The van der Waals surface area contributed by atoms with Gasteiger partial charge in [0, 0.05) is 32.1 Å². The zero-order chi connectivity index (χ0) is 17.8. The molecule has 25 heavy (non-hydrogen) atoms. The Kier molecular flexibility index (Phi) is 5.44. The van der Waals surface area contributed by atoms with Crippen LogP contribution in [0.1, 0.15) is 23.8 Å². The first-order chi connectivity index (χ1) is 12.0. The van der Waals surface area contributed by atoms with Crippen molar-refractivity contribution in [1.82, 2.24) is 24.8 Å². The van der Waals surface area contributed by atoms with Crippen molar-refractivity contribution >= 4 is 11.7 Å². The normalized spacial score (nSPS) is 18.4. The molecule has 3 rings (SSSR count). The molecular formula is C16H24N6O3. The predicted octanol–water partition coefficient (Wildman–Crippen LogP) is 0.921. The van der Waals surface area contributed by atoms with Crippen LogP contribution in [-0.2, 0) is 16.1 Å². The number of amides is 1. The van der Waals surface area contributed by atoms with Crippen molar-refractivity contribution in [2.24, 2.45) is 0 Å². The van der Waals surface area contributed by atoms with Gasteiger partial charge in [0.2, 0.25) is 5.91 Å². The summed E-state index contributed by atoms with van der Waals surface area (Å²) in [5.41, 5.74) is 0. The summed E-state index contributed by atoms with van der Waals surface area (Å²) >= 11 is 0. The number of anilines is 1. The third-order valence-corrected chi connectivity index (χ3v) is 4.11. The van der Waals surface area contributed by atoms with Crippen molar-refractivity contribution in [1.29, 1.82) is 0 Å². The second-order valence-corrected chi connectivity index (χ2v) is 6.30. The molecule has 0 bridgehead atoms. The van der Waals surface area contributed by atoms with Gasteiger partial charge in [0.15, 0.2) is 5.82 Å². The fourth-order valence-electron chi connectivity index (χ4n) is 2.91. The average Bonchev–Trinajstić information content (AvgIpc) is 3.11. The molecule has 0 unspecified atom stereocenters. The largest absolute Gasteiger partial charge is 0.374 e. The molecule has 0 saturated carbocycles. The molecule has 9 heteroatoms. The third kappa shape index (κ3) is 4.86. The minimum absolute atomic E-state index is 0.0507. The van der Waals surface area contributed by atoms with E-state index in [0.717, 1.165) is 24.7 Å². The molecule has 2 aromatic heterocycles. The summed E-state index contributed by atoms with van der Waals surface area (Å²) in [6.07, 6.45) is 0.454. The smallest absolute Gasteiger partial charge is 0.226 e. The maximum atomic E-state index is 12.0. The van der Waals surface area contributed by atoms with Crippen LogP contribution in [0, 0.1) is 20.8 Å². The SMILES string of the molecule is Cc1nc(C)n(C[C@H]2CN(CCC(=O)Nc3cc(C)on3)CCO2)n1. The van der Waals surface area contributed by atoms with E-state index in [4.69, 9.17) is 9.26 Å². The minimum atomic E-state index is -0.0703. The Balaban J connectivity index is 1.45. The van der Waals surface area contributed by atoms with E-state index in [1.54, 1.807) is 13.0 Å². The fourth-order valence-corrected chi connectivity index (χ4v) is 2.91. The van der Waals surface area contributed by atoms with E-state index in [-0.39, 0.29) is 12.0 Å². The van der Waals surface area contributed by atoms with Gasteiger partial charge in [-0.3, -0.25) is 9.69 Å². The lowest BCUT2D eigenvalue weighted by molar-refractivity contribution is -0.117. The second-order valence-electron chi connectivity index (χ2n) is 6.30. The summed E-state index contributed by atoms with van der Waals surface area (Å²) < 4.78 is 12.6. The van der Waals surface area contributed by atoms with Crippen LogP contribution in [0.15, 0.2) is 10.6 Å². The number of nitrogens with one attached hydrogen (secondary N) is 1. The predicted molar refractivity (Wildman–Crippen MR) is 90.2 cm³/mol. The number of ether oxygens (including phenoxy) is 1. The van der Waals surface area contributed by atoms with Crippen molar-refractivity contribution in [3.8, 4) is 0 Å². The number of hydrogen-bond donors (Lipinski definition) is 1. The Morgan fingerprint density at radius 2 is 2.24 bits per heavy atom. The Morgan fingerprint density at radius 3 is 2.92 bits per heavy atom. The summed E-state index contributed by atoms with van der Waals surface area (Å²) in [6.45, 7) is 9.21. The van der Waals surface area contributed by atoms with E-state index in [2.05, 4.69) is 25.5 Å². The van der Waals surface area contributed by atoms with E-state index in [1.165, 1.54) is 0 Å². The topological polar surface area (TPSA) is 98.3 Å². The van der Waals surface area contributed by atoms with Gasteiger partial charge < -0.3 is 14.6 Å². The molecule has 136 valence electrons. The molecule has 1 N–H and O–H groups in total. The van der Waals surface area contributed by atoms with E-state index < -0.39 is 0 Å². The number of carbonyl (C=O) groups excluding carboxylic acids is 1. The maximum Gasteiger partial charge on any atom is 0.226 e. The second kappa shape index (κ2) is 7.75. The lowest BCUT2D eigenvalue weighted by Gasteiger charge is -2.32. The molecule has 0 aliphatic carbocycles. The van der Waals surface area contributed by atoms with Gasteiger partial charge in [-0.15, -0.1) is 0 Å². The molecule has 1 amide bonds. The van der Waals surface area contributed by atoms with Crippen LogP contribution in [0.25, 0.3) is 0 Å². The number of aryl methyl sites for hydroxylation is 3. The van der Waals surface area contributed by atoms with Crippen molar-refractivity contribution in [3.63, 3.8) is 0 Å². The quantitative estimate of drug-likeness (QED) is 0.829. The Hall–Kier alpha value is -2.26. The Morgan fingerprint density at radius 1 is 1.40 bits per heavy atom. The van der Waals surface area contributed by atoms with Crippen LogP contribution in [0.4, 0.5) is 5.82 Å². The number of carbonyl (C=O) groups is 1. The summed E-state index contributed by atoms with van der Waals surface area (Å²) in [5, 5.41) is 10.9. The van der Waals surface area contributed by atoms with Gasteiger partial charge in [-0.25, -0.2) is 9.67 Å². The number of hydrogen-bond acceptors (Lipinski definition) is 7. The lowest BCUT2D eigenvalue weighted by atomic mass is 10.2. The minimum Gasteiger partial charge on any atom is -0.374 e. The Bertz CT molecular complexity index is 725. The zero-order valence-corrected chi connectivity index (χ0v) is 14.9. The van der Waals surface area contributed by atoms with E-state index in [9.17, 15) is 4.79 Å². The summed E-state index contributed by atoms with van der Waals surface area (Å²) in [7, 11) is 0. The van der Waals surface area contributed by atoms with Crippen LogP contribution in [0.5, 0.6) is 0 Å².